The Hall–Kier alpha value is -2.19. The Morgan fingerprint density at radius 1 is 1.24 bits per heavy atom. The summed E-state index contributed by atoms with van der Waals surface area (Å²) in [6.07, 6.45) is -0.236. The van der Waals surface area contributed by atoms with Gasteiger partial charge in [0.05, 0.1) is 12.1 Å². The Morgan fingerprint density at radius 3 is 2.52 bits per heavy atom. The van der Waals surface area contributed by atoms with Gasteiger partial charge in [-0.25, -0.2) is 4.39 Å². The van der Waals surface area contributed by atoms with Gasteiger partial charge in [-0.2, -0.15) is 5.26 Å². The highest BCUT2D eigenvalue weighted by atomic mass is 79.9. The Balaban J connectivity index is 2.39. The summed E-state index contributed by atoms with van der Waals surface area (Å²) in [6.45, 7) is 0. The molecule has 1 amide bonds. The maximum atomic E-state index is 13.4. The van der Waals surface area contributed by atoms with Crippen LogP contribution in [0.25, 0.3) is 0 Å². The van der Waals surface area contributed by atoms with Crippen molar-refractivity contribution in [3.8, 4) is 6.07 Å². The second-order valence-corrected chi connectivity index (χ2v) is 5.36. The third-order valence-corrected chi connectivity index (χ3v) is 3.40. The molecule has 0 aliphatic rings. The van der Waals surface area contributed by atoms with E-state index >= 15 is 0 Å². The van der Waals surface area contributed by atoms with Crippen molar-refractivity contribution in [2.75, 3.05) is 0 Å². The maximum absolute atomic E-state index is 13.4. The third-order valence-electron chi connectivity index (χ3n) is 2.91. The quantitative estimate of drug-likeness (QED) is 0.917. The zero-order valence-electron chi connectivity index (χ0n) is 11.0. The van der Waals surface area contributed by atoms with Gasteiger partial charge in [0.1, 0.15) is 12.2 Å². The Labute approximate surface area is 130 Å². The highest BCUT2D eigenvalue weighted by Crippen LogP contribution is 2.25. The van der Waals surface area contributed by atoms with Gasteiger partial charge in [-0.1, -0.05) is 40.2 Å². The summed E-state index contributed by atoms with van der Waals surface area (Å²) in [4.78, 5) is 11.7. The van der Waals surface area contributed by atoms with Gasteiger partial charge in [-0.15, -0.1) is 0 Å². The van der Waals surface area contributed by atoms with Crippen LogP contribution in [-0.4, -0.2) is 5.91 Å². The van der Waals surface area contributed by atoms with Gasteiger partial charge in [0.15, 0.2) is 0 Å². The van der Waals surface area contributed by atoms with Crippen molar-refractivity contribution in [1.29, 1.82) is 5.26 Å². The number of nitrogens with zero attached hydrogens (tertiary/aromatic N) is 1. The molecule has 0 heterocycles. The van der Waals surface area contributed by atoms with Crippen LogP contribution < -0.4 is 5.32 Å². The summed E-state index contributed by atoms with van der Waals surface area (Å²) in [7, 11) is 0. The molecule has 1 atom stereocenters. The second-order valence-electron chi connectivity index (χ2n) is 4.45. The molecule has 0 aromatic heterocycles. The van der Waals surface area contributed by atoms with E-state index in [0.29, 0.717) is 5.56 Å². The van der Waals surface area contributed by atoms with E-state index in [1.54, 1.807) is 18.2 Å². The molecule has 1 N–H and O–H groups in total. The third kappa shape index (κ3) is 4.14. The van der Waals surface area contributed by atoms with Crippen LogP contribution in [0.4, 0.5) is 4.39 Å². The molecular formula is C16H12BrFN2O. The summed E-state index contributed by atoms with van der Waals surface area (Å²) in [5.41, 5.74) is 1.43. The topological polar surface area (TPSA) is 52.9 Å². The first-order valence-corrected chi connectivity index (χ1v) is 7.06. The number of nitriles is 1. The Kier molecular flexibility index (Phi) is 5.07. The maximum Gasteiger partial charge on any atom is 0.234 e. The van der Waals surface area contributed by atoms with Crippen molar-refractivity contribution in [2.24, 2.45) is 0 Å². The predicted octanol–water partition coefficient (Wildman–Crippen LogP) is 3.71. The van der Waals surface area contributed by atoms with Crippen LogP contribution in [-0.2, 0) is 4.79 Å². The first-order valence-electron chi connectivity index (χ1n) is 6.27. The van der Waals surface area contributed by atoms with Crippen molar-refractivity contribution in [2.45, 2.75) is 12.5 Å². The number of carbonyl (C=O) groups is 1. The van der Waals surface area contributed by atoms with Gasteiger partial charge in [0, 0.05) is 4.47 Å². The number of benzene rings is 2. The van der Waals surface area contributed by atoms with Crippen molar-refractivity contribution >= 4 is 21.8 Å². The average Bonchev–Trinajstić information content (AvgIpc) is 2.45. The van der Waals surface area contributed by atoms with Crippen LogP contribution in [0.3, 0.4) is 0 Å². The minimum Gasteiger partial charge on any atom is -0.344 e. The van der Waals surface area contributed by atoms with E-state index in [1.807, 2.05) is 24.3 Å². The van der Waals surface area contributed by atoms with E-state index in [-0.39, 0.29) is 12.2 Å². The largest absolute Gasteiger partial charge is 0.344 e. The number of halogens is 2. The van der Waals surface area contributed by atoms with Crippen LogP contribution in [0.15, 0.2) is 53.0 Å². The van der Waals surface area contributed by atoms with Crippen molar-refractivity contribution in [3.05, 3.63) is 69.9 Å². The first-order chi connectivity index (χ1) is 10.1. The molecule has 0 saturated heterocycles. The number of rotatable bonds is 4. The van der Waals surface area contributed by atoms with Crippen molar-refractivity contribution in [3.63, 3.8) is 0 Å². The molecule has 106 valence electrons. The molecule has 21 heavy (non-hydrogen) atoms. The normalized spacial score (nSPS) is 11.5. The average molecular weight is 347 g/mol. The van der Waals surface area contributed by atoms with E-state index in [2.05, 4.69) is 21.2 Å². The minimum absolute atomic E-state index is 0.236. The predicted molar refractivity (Wildman–Crippen MR) is 80.8 cm³/mol. The Morgan fingerprint density at radius 2 is 1.90 bits per heavy atom. The summed E-state index contributed by atoms with van der Waals surface area (Å²) in [6, 6.07) is 14.7. The fourth-order valence-electron chi connectivity index (χ4n) is 2.02. The summed E-state index contributed by atoms with van der Waals surface area (Å²) < 4.78 is 14.3. The highest BCUT2D eigenvalue weighted by Gasteiger charge is 2.17. The summed E-state index contributed by atoms with van der Waals surface area (Å²) >= 11 is 3.38. The summed E-state index contributed by atoms with van der Waals surface area (Å²) in [5.74, 6) is -0.770. The van der Waals surface area contributed by atoms with E-state index in [0.717, 1.165) is 10.0 Å². The van der Waals surface area contributed by atoms with Gasteiger partial charge >= 0.3 is 0 Å². The lowest BCUT2D eigenvalue weighted by Crippen LogP contribution is -2.28. The molecule has 0 radical (unpaired) electrons. The van der Waals surface area contributed by atoms with Crippen LogP contribution in [0.2, 0.25) is 0 Å². The van der Waals surface area contributed by atoms with Crippen LogP contribution in [0.5, 0.6) is 0 Å². The molecule has 0 aliphatic carbocycles. The number of carbonyl (C=O) groups excluding carboxylic acids is 1. The monoisotopic (exact) mass is 346 g/mol. The van der Waals surface area contributed by atoms with Crippen LogP contribution in [0, 0.1) is 17.1 Å². The van der Waals surface area contributed by atoms with Gasteiger partial charge < -0.3 is 5.32 Å². The molecule has 0 unspecified atom stereocenters. The van der Waals surface area contributed by atoms with Gasteiger partial charge in [-0.05, 0) is 35.4 Å². The van der Waals surface area contributed by atoms with Gasteiger partial charge in [0.2, 0.25) is 5.91 Å². The number of nitrogens with one attached hydrogen (secondary N) is 1. The molecule has 2 rings (SSSR count). The minimum atomic E-state index is -0.501. The zero-order chi connectivity index (χ0) is 15.2. The molecular weight excluding hydrogens is 335 g/mol. The lowest BCUT2D eigenvalue weighted by Gasteiger charge is -2.19. The molecule has 0 spiro atoms. The molecule has 2 aromatic rings. The fraction of sp³-hybridized carbons (Fsp3) is 0.125. The molecule has 0 saturated carbocycles. The highest BCUT2D eigenvalue weighted by molar-refractivity contribution is 9.10. The first kappa shape index (κ1) is 15.2. The van der Waals surface area contributed by atoms with Crippen molar-refractivity contribution in [1.82, 2.24) is 5.32 Å². The number of amides is 1. The lowest BCUT2D eigenvalue weighted by atomic mass is 9.98. The summed E-state index contributed by atoms with van der Waals surface area (Å²) in [5, 5.41) is 11.4. The van der Waals surface area contributed by atoms with Gasteiger partial charge in [-0.3, -0.25) is 4.79 Å². The number of hydrogen-bond donors (Lipinski definition) is 1. The molecule has 0 aliphatic heterocycles. The van der Waals surface area contributed by atoms with E-state index < -0.39 is 11.9 Å². The molecule has 3 nitrogen and oxygen atoms in total. The van der Waals surface area contributed by atoms with E-state index in [4.69, 9.17) is 5.26 Å². The number of hydrogen-bond acceptors (Lipinski definition) is 2. The van der Waals surface area contributed by atoms with Gasteiger partial charge in [0.25, 0.3) is 0 Å². The van der Waals surface area contributed by atoms with Crippen LogP contribution in [0.1, 0.15) is 23.6 Å². The van der Waals surface area contributed by atoms with E-state index in [1.165, 1.54) is 12.1 Å². The van der Waals surface area contributed by atoms with Crippen molar-refractivity contribution < 1.29 is 9.18 Å². The molecule has 0 bridgehead atoms. The standard InChI is InChI=1S/C16H12BrFN2O/c17-13-5-1-3-11(9-13)16(20-15(21)7-8-19)12-4-2-6-14(18)10-12/h1-6,9-10,16H,7H2,(H,20,21)/t16-/m1/s1. The lowest BCUT2D eigenvalue weighted by molar-refractivity contribution is -0.120. The second kappa shape index (κ2) is 7.00. The fourth-order valence-corrected chi connectivity index (χ4v) is 2.43. The molecule has 5 heteroatoms. The van der Waals surface area contributed by atoms with Crippen LogP contribution >= 0.6 is 15.9 Å². The smallest absolute Gasteiger partial charge is 0.234 e. The molecule has 0 fully saturated rings. The Bertz CT molecular complexity index is 651. The molecule has 2 aromatic carbocycles. The SMILES string of the molecule is N#CCC(=O)N[C@@H](c1cccc(F)c1)c1cccc(Br)c1. The zero-order valence-corrected chi connectivity index (χ0v) is 12.6. The van der Waals surface area contributed by atoms with E-state index in [9.17, 15) is 9.18 Å².